The molecule has 0 saturated carbocycles. The van der Waals surface area contributed by atoms with Crippen molar-refractivity contribution in [3.05, 3.63) is 0 Å². The van der Waals surface area contributed by atoms with Crippen molar-refractivity contribution in [2.24, 2.45) is 11.8 Å². The van der Waals surface area contributed by atoms with Crippen molar-refractivity contribution in [3.63, 3.8) is 0 Å². The van der Waals surface area contributed by atoms with Crippen LogP contribution in [0, 0.1) is 11.8 Å². The van der Waals surface area contributed by atoms with E-state index in [-0.39, 0.29) is 17.9 Å². The minimum atomic E-state index is 0.177. The summed E-state index contributed by atoms with van der Waals surface area (Å²) in [7, 11) is 0. The standard InChI is InChI=1S/C16H29N3O2/c1-12(2)13(3)9-15(20)18-7-4-5-14(11-18)19-8-6-17-10-16(19)21/h12-14,17H,4-11H2,1-3H3. The highest BCUT2D eigenvalue weighted by molar-refractivity contribution is 5.80. The van der Waals surface area contributed by atoms with Crippen LogP contribution in [-0.2, 0) is 9.59 Å². The van der Waals surface area contributed by atoms with Gasteiger partial charge in [0.15, 0.2) is 0 Å². The lowest BCUT2D eigenvalue weighted by atomic mass is 9.93. The predicted octanol–water partition coefficient (Wildman–Crippen LogP) is 1.09. The van der Waals surface area contributed by atoms with Gasteiger partial charge in [-0.15, -0.1) is 0 Å². The molecule has 2 saturated heterocycles. The Bertz CT molecular complexity index is 384. The van der Waals surface area contributed by atoms with Crippen molar-refractivity contribution in [1.82, 2.24) is 15.1 Å². The Morgan fingerprint density at radius 2 is 2.10 bits per heavy atom. The SMILES string of the molecule is CC(C)C(C)CC(=O)N1CCCC(N2CCNCC2=O)C1. The molecule has 0 bridgehead atoms. The molecule has 120 valence electrons. The summed E-state index contributed by atoms with van der Waals surface area (Å²) in [4.78, 5) is 28.4. The zero-order valence-electron chi connectivity index (χ0n) is 13.6. The van der Waals surface area contributed by atoms with E-state index < -0.39 is 0 Å². The summed E-state index contributed by atoms with van der Waals surface area (Å²) >= 11 is 0. The Morgan fingerprint density at radius 3 is 2.76 bits per heavy atom. The smallest absolute Gasteiger partial charge is 0.236 e. The van der Waals surface area contributed by atoms with Crippen LogP contribution in [0.5, 0.6) is 0 Å². The van der Waals surface area contributed by atoms with Crippen LogP contribution < -0.4 is 5.32 Å². The number of amides is 2. The summed E-state index contributed by atoms with van der Waals surface area (Å²) in [6.45, 7) is 10.1. The molecule has 0 aromatic heterocycles. The maximum Gasteiger partial charge on any atom is 0.236 e. The van der Waals surface area contributed by atoms with Crippen LogP contribution in [0.15, 0.2) is 0 Å². The lowest BCUT2D eigenvalue weighted by molar-refractivity contribution is -0.141. The van der Waals surface area contributed by atoms with E-state index in [1.807, 2.05) is 9.80 Å². The van der Waals surface area contributed by atoms with Crippen molar-refractivity contribution < 1.29 is 9.59 Å². The van der Waals surface area contributed by atoms with Gasteiger partial charge in [0, 0.05) is 38.6 Å². The third-order valence-electron chi connectivity index (χ3n) is 4.95. The van der Waals surface area contributed by atoms with E-state index >= 15 is 0 Å². The molecule has 2 heterocycles. The highest BCUT2D eigenvalue weighted by Gasteiger charge is 2.31. The molecule has 5 nitrogen and oxygen atoms in total. The molecule has 2 fully saturated rings. The molecule has 0 aromatic rings. The number of nitrogens with one attached hydrogen (secondary N) is 1. The second-order valence-electron chi connectivity index (χ2n) is 6.83. The van der Waals surface area contributed by atoms with Crippen molar-refractivity contribution in [2.45, 2.75) is 46.1 Å². The summed E-state index contributed by atoms with van der Waals surface area (Å²) in [5.74, 6) is 1.38. The summed E-state index contributed by atoms with van der Waals surface area (Å²) in [6.07, 6.45) is 2.65. The summed E-state index contributed by atoms with van der Waals surface area (Å²) in [6, 6.07) is 0.214. The summed E-state index contributed by atoms with van der Waals surface area (Å²) in [5, 5.41) is 3.10. The minimum Gasteiger partial charge on any atom is -0.341 e. The van der Waals surface area contributed by atoms with E-state index in [0.717, 1.165) is 39.0 Å². The van der Waals surface area contributed by atoms with Gasteiger partial charge in [0.1, 0.15) is 0 Å². The molecule has 2 amide bonds. The monoisotopic (exact) mass is 295 g/mol. The Morgan fingerprint density at radius 1 is 1.33 bits per heavy atom. The van der Waals surface area contributed by atoms with E-state index in [1.54, 1.807) is 0 Å². The molecule has 0 spiro atoms. The normalized spacial score (nSPS) is 25.3. The third kappa shape index (κ3) is 4.19. The molecule has 0 radical (unpaired) electrons. The van der Waals surface area contributed by atoms with Crippen LogP contribution in [0.25, 0.3) is 0 Å². The number of hydrogen-bond acceptors (Lipinski definition) is 3. The van der Waals surface area contributed by atoms with E-state index in [4.69, 9.17) is 0 Å². The van der Waals surface area contributed by atoms with Gasteiger partial charge in [-0.25, -0.2) is 0 Å². The molecular formula is C16H29N3O2. The van der Waals surface area contributed by atoms with E-state index in [9.17, 15) is 9.59 Å². The van der Waals surface area contributed by atoms with E-state index in [0.29, 0.717) is 24.8 Å². The Hall–Kier alpha value is -1.10. The first-order valence-corrected chi connectivity index (χ1v) is 8.27. The number of piperazine rings is 1. The first-order valence-electron chi connectivity index (χ1n) is 8.27. The first-order chi connectivity index (χ1) is 9.99. The fourth-order valence-electron chi connectivity index (χ4n) is 3.08. The molecule has 0 aliphatic carbocycles. The van der Waals surface area contributed by atoms with E-state index in [2.05, 4.69) is 26.1 Å². The topological polar surface area (TPSA) is 52.7 Å². The number of likely N-dealkylation sites (tertiary alicyclic amines) is 1. The lowest BCUT2D eigenvalue weighted by Gasteiger charge is -2.41. The van der Waals surface area contributed by atoms with Crippen LogP contribution >= 0.6 is 0 Å². The molecule has 2 atom stereocenters. The average molecular weight is 295 g/mol. The quantitative estimate of drug-likeness (QED) is 0.845. The highest BCUT2D eigenvalue weighted by Crippen LogP contribution is 2.20. The largest absolute Gasteiger partial charge is 0.341 e. The first kappa shape index (κ1) is 16.3. The third-order valence-corrected chi connectivity index (χ3v) is 4.95. The van der Waals surface area contributed by atoms with Gasteiger partial charge in [0.25, 0.3) is 0 Å². The molecular weight excluding hydrogens is 266 g/mol. The molecule has 2 aliphatic rings. The Labute approximate surface area is 128 Å². The second-order valence-corrected chi connectivity index (χ2v) is 6.83. The number of piperidine rings is 1. The molecule has 1 N–H and O–H groups in total. The van der Waals surface area contributed by atoms with Crippen LogP contribution in [0.1, 0.15) is 40.0 Å². The molecule has 2 aliphatic heterocycles. The fraction of sp³-hybridized carbons (Fsp3) is 0.875. The van der Waals surface area contributed by atoms with E-state index in [1.165, 1.54) is 0 Å². The van der Waals surface area contributed by atoms with Crippen LogP contribution in [0.3, 0.4) is 0 Å². The predicted molar refractivity (Wildman–Crippen MR) is 82.8 cm³/mol. The Balaban J connectivity index is 1.90. The van der Waals surface area contributed by atoms with Crippen molar-refractivity contribution in [2.75, 3.05) is 32.7 Å². The molecule has 21 heavy (non-hydrogen) atoms. The van der Waals surface area contributed by atoms with Gasteiger partial charge in [-0.2, -0.15) is 0 Å². The van der Waals surface area contributed by atoms with Crippen LogP contribution in [-0.4, -0.2) is 60.4 Å². The van der Waals surface area contributed by atoms with Crippen LogP contribution in [0.2, 0.25) is 0 Å². The van der Waals surface area contributed by atoms with Gasteiger partial charge in [-0.3, -0.25) is 9.59 Å². The maximum absolute atomic E-state index is 12.4. The average Bonchev–Trinajstić information content (AvgIpc) is 2.47. The summed E-state index contributed by atoms with van der Waals surface area (Å²) < 4.78 is 0. The molecule has 2 rings (SSSR count). The van der Waals surface area contributed by atoms with Gasteiger partial charge >= 0.3 is 0 Å². The molecule has 0 aromatic carbocycles. The number of nitrogens with zero attached hydrogens (tertiary/aromatic N) is 2. The maximum atomic E-state index is 12.4. The minimum absolute atomic E-state index is 0.177. The van der Waals surface area contributed by atoms with Crippen molar-refractivity contribution in [1.29, 1.82) is 0 Å². The van der Waals surface area contributed by atoms with Gasteiger partial charge in [-0.05, 0) is 24.7 Å². The zero-order chi connectivity index (χ0) is 15.4. The van der Waals surface area contributed by atoms with Crippen LogP contribution in [0.4, 0.5) is 0 Å². The van der Waals surface area contributed by atoms with Crippen molar-refractivity contribution in [3.8, 4) is 0 Å². The number of rotatable bonds is 4. The number of hydrogen-bond donors (Lipinski definition) is 1. The number of carbonyl (C=O) groups is 2. The van der Waals surface area contributed by atoms with Crippen molar-refractivity contribution >= 4 is 11.8 Å². The lowest BCUT2D eigenvalue weighted by Crippen LogP contribution is -2.57. The summed E-state index contributed by atoms with van der Waals surface area (Å²) in [5.41, 5.74) is 0. The van der Waals surface area contributed by atoms with Gasteiger partial charge < -0.3 is 15.1 Å². The second kappa shape index (κ2) is 7.25. The fourth-order valence-corrected chi connectivity index (χ4v) is 3.08. The highest BCUT2D eigenvalue weighted by atomic mass is 16.2. The van der Waals surface area contributed by atoms with Gasteiger partial charge in [0.05, 0.1) is 6.54 Å². The molecule has 5 heteroatoms. The molecule has 2 unspecified atom stereocenters. The van der Waals surface area contributed by atoms with Gasteiger partial charge in [0.2, 0.25) is 11.8 Å². The number of carbonyl (C=O) groups excluding carboxylic acids is 2. The zero-order valence-corrected chi connectivity index (χ0v) is 13.6. The van der Waals surface area contributed by atoms with Gasteiger partial charge in [-0.1, -0.05) is 20.8 Å². The Kier molecular flexibility index (Phi) is 5.62.